The Hall–Kier alpha value is -3.19. The van der Waals surface area contributed by atoms with Crippen LogP contribution in [0.25, 0.3) is 33.5 Å². The van der Waals surface area contributed by atoms with E-state index in [9.17, 15) is 0 Å². The van der Waals surface area contributed by atoms with Crippen LogP contribution < -0.4 is 4.57 Å². The molecular formula is C31H34N+. The van der Waals surface area contributed by atoms with Crippen LogP contribution in [0.1, 0.15) is 56.2 Å². The summed E-state index contributed by atoms with van der Waals surface area (Å²) in [6.45, 7) is 11.4. The Morgan fingerprint density at radius 1 is 0.625 bits per heavy atom. The van der Waals surface area contributed by atoms with Crippen molar-refractivity contribution in [2.45, 2.75) is 46.5 Å². The molecule has 0 N–H and O–H groups in total. The van der Waals surface area contributed by atoms with Gasteiger partial charge in [0.05, 0.1) is 0 Å². The molecule has 0 aliphatic carbocycles. The standard InChI is InChI=1S/C31H34N/c1-21(2)27-13-10-14-28(22(3)4)31(27)26-17-18-32(6)30(20-26)29-19-25(16-15-23(29)5)24-11-8-7-9-12-24/h7-22H,1-6H3/q+1. The fraction of sp³-hybridized carbons (Fsp3) is 0.258. The number of hydrogen-bond donors (Lipinski definition) is 0. The number of rotatable bonds is 5. The smallest absolute Gasteiger partial charge is 0.201 e. The van der Waals surface area contributed by atoms with E-state index in [0.717, 1.165) is 0 Å². The highest BCUT2D eigenvalue weighted by Gasteiger charge is 2.20. The number of aryl methyl sites for hydroxylation is 2. The van der Waals surface area contributed by atoms with Gasteiger partial charge >= 0.3 is 0 Å². The predicted molar refractivity (Wildman–Crippen MR) is 137 cm³/mol. The summed E-state index contributed by atoms with van der Waals surface area (Å²) in [5.74, 6) is 0.952. The van der Waals surface area contributed by atoms with Gasteiger partial charge in [0.1, 0.15) is 7.05 Å². The highest BCUT2D eigenvalue weighted by Crippen LogP contribution is 2.37. The zero-order valence-electron chi connectivity index (χ0n) is 20.2. The highest BCUT2D eigenvalue weighted by atomic mass is 14.9. The minimum atomic E-state index is 0.476. The van der Waals surface area contributed by atoms with Crippen LogP contribution in [0.2, 0.25) is 0 Å². The largest absolute Gasteiger partial charge is 0.213 e. The van der Waals surface area contributed by atoms with Crippen molar-refractivity contribution in [3.05, 3.63) is 102 Å². The third-order valence-corrected chi connectivity index (χ3v) is 6.43. The van der Waals surface area contributed by atoms with Gasteiger partial charge in [0, 0.05) is 17.7 Å². The average Bonchev–Trinajstić information content (AvgIpc) is 2.80. The summed E-state index contributed by atoms with van der Waals surface area (Å²) in [4.78, 5) is 0. The third-order valence-electron chi connectivity index (χ3n) is 6.43. The van der Waals surface area contributed by atoms with E-state index in [1.165, 1.54) is 50.2 Å². The van der Waals surface area contributed by atoms with Gasteiger partial charge in [-0.2, -0.15) is 0 Å². The summed E-state index contributed by atoms with van der Waals surface area (Å²) < 4.78 is 2.24. The molecule has 0 saturated carbocycles. The van der Waals surface area contributed by atoms with Crippen LogP contribution in [0.4, 0.5) is 0 Å². The molecule has 0 bridgehead atoms. The molecule has 1 nitrogen and oxygen atoms in total. The van der Waals surface area contributed by atoms with E-state index in [-0.39, 0.29) is 0 Å². The predicted octanol–water partition coefficient (Wildman–Crippen LogP) is 8.07. The molecule has 0 saturated heterocycles. The summed E-state index contributed by atoms with van der Waals surface area (Å²) in [7, 11) is 2.14. The van der Waals surface area contributed by atoms with Crippen molar-refractivity contribution in [1.82, 2.24) is 0 Å². The van der Waals surface area contributed by atoms with Gasteiger partial charge in [-0.25, -0.2) is 4.57 Å². The zero-order valence-corrected chi connectivity index (χ0v) is 20.2. The number of aromatic nitrogens is 1. The first-order chi connectivity index (χ1) is 15.4. The van der Waals surface area contributed by atoms with E-state index in [0.29, 0.717) is 11.8 Å². The average molecular weight is 421 g/mol. The second-order valence-corrected chi connectivity index (χ2v) is 9.43. The normalized spacial score (nSPS) is 11.4. The van der Waals surface area contributed by atoms with Crippen LogP contribution in [-0.4, -0.2) is 0 Å². The molecule has 4 aromatic rings. The Kier molecular flexibility index (Phi) is 6.28. The first-order valence-electron chi connectivity index (χ1n) is 11.7. The maximum Gasteiger partial charge on any atom is 0.213 e. The van der Waals surface area contributed by atoms with Gasteiger partial charge in [-0.05, 0) is 63.8 Å². The topological polar surface area (TPSA) is 3.88 Å². The summed E-state index contributed by atoms with van der Waals surface area (Å²) >= 11 is 0. The van der Waals surface area contributed by atoms with Gasteiger partial charge in [-0.15, -0.1) is 0 Å². The van der Waals surface area contributed by atoms with E-state index in [2.05, 4.69) is 131 Å². The zero-order chi connectivity index (χ0) is 22.8. The fourth-order valence-corrected chi connectivity index (χ4v) is 4.59. The lowest BCUT2D eigenvalue weighted by molar-refractivity contribution is -0.660. The Morgan fingerprint density at radius 2 is 1.28 bits per heavy atom. The first kappa shape index (κ1) is 22.0. The molecule has 3 aromatic carbocycles. The summed E-state index contributed by atoms with van der Waals surface area (Å²) in [5.41, 5.74) is 11.9. The van der Waals surface area contributed by atoms with Crippen molar-refractivity contribution in [3.8, 4) is 33.5 Å². The molecule has 0 spiro atoms. The molecule has 32 heavy (non-hydrogen) atoms. The Labute approximate surface area is 193 Å². The molecule has 0 radical (unpaired) electrons. The van der Waals surface area contributed by atoms with Crippen LogP contribution in [0, 0.1) is 6.92 Å². The number of pyridine rings is 1. The van der Waals surface area contributed by atoms with Gasteiger partial charge in [0.25, 0.3) is 0 Å². The summed E-state index contributed by atoms with van der Waals surface area (Å²) in [5, 5.41) is 0. The number of benzene rings is 3. The third kappa shape index (κ3) is 4.25. The second-order valence-electron chi connectivity index (χ2n) is 9.43. The van der Waals surface area contributed by atoms with Crippen LogP contribution >= 0.6 is 0 Å². The molecule has 0 atom stereocenters. The van der Waals surface area contributed by atoms with E-state index in [1.54, 1.807) is 0 Å². The van der Waals surface area contributed by atoms with Gasteiger partial charge in [-0.1, -0.05) is 88.4 Å². The van der Waals surface area contributed by atoms with Crippen LogP contribution in [0.15, 0.2) is 85.1 Å². The molecule has 4 rings (SSSR count). The molecule has 0 amide bonds. The maximum absolute atomic E-state index is 2.38. The van der Waals surface area contributed by atoms with E-state index >= 15 is 0 Å². The minimum absolute atomic E-state index is 0.476. The lowest BCUT2D eigenvalue weighted by atomic mass is 9.85. The fourth-order valence-electron chi connectivity index (χ4n) is 4.59. The lowest BCUT2D eigenvalue weighted by Crippen LogP contribution is -2.30. The van der Waals surface area contributed by atoms with Crippen LogP contribution in [-0.2, 0) is 7.05 Å². The molecule has 162 valence electrons. The Bertz CT molecular complexity index is 1210. The van der Waals surface area contributed by atoms with Crippen molar-refractivity contribution >= 4 is 0 Å². The molecule has 1 heteroatoms. The van der Waals surface area contributed by atoms with E-state index in [4.69, 9.17) is 0 Å². The minimum Gasteiger partial charge on any atom is -0.201 e. The summed E-state index contributed by atoms with van der Waals surface area (Å²) in [6.07, 6.45) is 2.21. The van der Waals surface area contributed by atoms with Crippen molar-refractivity contribution in [3.63, 3.8) is 0 Å². The van der Waals surface area contributed by atoms with Gasteiger partial charge in [0.2, 0.25) is 5.69 Å². The van der Waals surface area contributed by atoms with Gasteiger partial charge in [-0.3, -0.25) is 0 Å². The quantitative estimate of drug-likeness (QED) is 0.287. The van der Waals surface area contributed by atoms with E-state index < -0.39 is 0 Å². The molecule has 0 unspecified atom stereocenters. The first-order valence-corrected chi connectivity index (χ1v) is 11.7. The van der Waals surface area contributed by atoms with Crippen LogP contribution in [0.3, 0.4) is 0 Å². The summed E-state index contributed by atoms with van der Waals surface area (Å²) in [6, 6.07) is 28.9. The number of nitrogens with zero attached hydrogens (tertiary/aromatic N) is 1. The maximum atomic E-state index is 2.38. The van der Waals surface area contributed by atoms with Crippen molar-refractivity contribution in [2.75, 3.05) is 0 Å². The van der Waals surface area contributed by atoms with Crippen molar-refractivity contribution in [2.24, 2.45) is 7.05 Å². The monoisotopic (exact) mass is 420 g/mol. The Balaban J connectivity index is 1.92. The second kappa shape index (κ2) is 9.12. The molecule has 1 heterocycles. The highest BCUT2D eigenvalue weighted by molar-refractivity contribution is 5.78. The molecule has 0 aliphatic rings. The molecule has 0 aliphatic heterocycles. The SMILES string of the molecule is Cc1ccc(-c2ccccc2)cc1-c1cc(-c2c(C(C)C)cccc2C(C)C)cc[n+]1C. The van der Waals surface area contributed by atoms with E-state index in [1.807, 2.05) is 0 Å². The van der Waals surface area contributed by atoms with Gasteiger partial charge < -0.3 is 0 Å². The molecular weight excluding hydrogens is 386 g/mol. The van der Waals surface area contributed by atoms with Crippen LogP contribution in [0.5, 0.6) is 0 Å². The van der Waals surface area contributed by atoms with Crippen molar-refractivity contribution in [1.29, 1.82) is 0 Å². The lowest BCUT2D eigenvalue weighted by Gasteiger charge is -2.20. The Morgan fingerprint density at radius 3 is 1.91 bits per heavy atom. The molecule has 1 aromatic heterocycles. The van der Waals surface area contributed by atoms with Crippen molar-refractivity contribution < 1.29 is 4.57 Å². The van der Waals surface area contributed by atoms with Gasteiger partial charge in [0.15, 0.2) is 6.20 Å². The number of hydrogen-bond acceptors (Lipinski definition) is 0. The molecule has 0 fully saturated rings.